The predicted molar refractivity (Wildman–Crippen MR) is 57.4 cm³/mol. The lowest BCUT2D eigenvalue weighted by atomic mass is 10.3. The van der Waals surface area contributed by atoms with E-state index in [0.717, 1.165) is 11.2 Å². The Kier molecular flexibility index (Phi) is 5.73. The summed E-state index contributed by atoms with van der Waals surface area (Å²) in [6, 6.07) is 10.1. The van der Waals surface area contributed by atoms with E-state index < -0.39 is 0 Å². The van der Waals surface area contributed by atoms with E-state index in [1.54, 1.807) is 0 Å². The molecule has 1 aromatic rings. The van der Waals surface area contributed by atoms with Gasteiger partial charge in [-0.15, -0.1) is 0 Å². The Labute approximate surface area is 86.8 Å². The third-order valence-corrected chi connectivity index (χ3v) is 3.09. The molecule has 0 aromatic heterocycles. The molecule has 13 heavy (non-hydrogen) atoms. The van der Waals surface area contributed by atoms with E-state index >= 15 is 0 Å². The van der Waals surface area contributed by atoms with Crippen molar-refractivity contribution in [3.63, 3.8) is 0 Å². The largest absolute Gasteiger partial charge is 0.510 e. The number of para-hydroxylation sites is 1. The normalized spacial score (nSPS) is 9.62. The molecule has 0 unspecified atom stereocenters. The molecule has 0 bridgehead atoms. The summed E-state index contributed by atoms with van der Waals surface area (Å²) in [6.45, 7) is 2.23. The zero-order valence-corrected chi connectivity index (χ0v) is 9.36. The summed E-state index contributed by atoms with van der Waals surface area (Å²) in [4.78, 5) is 0. The van der Waals surface area contributed by atoms with E-state index in [-0.39, 0.29) is 0 Å². The minimum absolute atomic E-state index is 0.488. The molecule has 0 fully saturated rings. The second-order valence-corrected chi connectivity index (χ2v) is 4.54. The van der Waals surface area contributed by atoms with Crippen molar-refractivity contribution in [2.75, 3.05) is 5.47 Å². The smallest absolute Gasteiger partial charge is 0.263 e. The maximum absolute atomic E-state index is 5.59. The minimum Gasteiger partial charge on any atom is -0.510 e. The average Bonchev–Trinajstić information content (AvgIpc) is 2.19. The number of hydrogen-bond donors (Lipinski definition) is 0. The lowest BCUT2D eigenvalue weighted by molar-refractivity contribution is 0.384. The summed E-state index contributed by atoms with van der Waals surface area (Å²) in [7, 11) is 0. The van der Waals surface area contributed by atoms with Gasteiger partial charge in [-0.05, 0) is 12.1 Å². The minimum atomic E-state index is 0.488. The maximum atomic E-state index is 5.59. The maximum Gasteiger partial charge on any atom is 0.263 e. The number of hydrogen-bond acceptors (Lipinski definition) is 1. The van der Waals surface area contributed by atoms with Crippen LogP contribution in [0.25, 0.3) is 0 Å². The van der Waals surface area contributed by atoms with E-state index in [9.17, 15) is 0 Å². The van der Waals surface area contributed by atoms with Crippen LogP contribution in [-0.2, 0) is 0 Å². The molecule has 0 N–H and O–H groups in total. The highest BCUT2D eigenvalue weighted by Gasteiger charge is 1.94. The summed E-state index contributed by atoms with van der Waals surface area (Å²) in [5, 5.41) is 1.36. The quantitative estimate of drug-likeness (QED) is 0.496. The number of rotatable bonds is 6. The van der Waals surface area contributed by atoms with Crippen molar-refractivity contribution in [1.29, 1.82) is 0 Å². The fraction of sp³-hybridized carbons (Fsp3) is 0.455. The van der Waals surface area contributed by atoms with Gasteiger partial charge >= 0.3 is 0 Å². The molecule has 0 saturated heterocycles. The summed E-state index contributed by atoms with van der Waals surface area (Å²) < 4.78 is 5.59. The Balaban J connectivity index is 2.07. The lowest BCUT2D eigenvalue weighted by Gasteiger charge is -2.03. The SMILES string of the molecule is CCC[CH2][Al][CH2]Oc1ccccc1. The van der Waals surface area contributed by atoms with Crippen molar-refractivity contribution >= 4 is 15.2 Å². The van der Waals surface area contributed by atoms with E-state index in [2.05, 4.69) is 6.92 Å². The number of benzene rings is 1. The predicted octanol–water partition coefficient (Wildman–Crippen LogP) is 2.95. The molecule has 1 nitrogen and oxygen atoms in total. The molecule has 69 valence electrons. The summed E-state index contributed by atoms with van der Waals surface area (Å²) in [6.07, 6.45) is 2.66. The molecule has 1 radical (unpaired) electrons. The van der Waals surface area contributed by atoms with Crippen LogP contribution in [-0.4, -0.2) is 20.7 Å². The molecule has 1 rings (SSSR count). The van der Waals surface area contributed by atoms with Crippen LogP contribution in [0, 0.1) is 0 Å². The van der Waals surface area contributed by atoms with Gasteiger partial charge in [0.25, 0.3) is 15.2 Å². The molecular weight excluding hydrogens is 175 g/mol. The first kappa shape index (κ1) is 10.6. The summed E-state index contributed by atoms with van der Waals surface area (Å²) in [5.41, 5.74) is 0.935. The lowest BCUT2D eigenvalue weighted by Crippen LogP contribution is -2.05. The molecule has 0 saturated carbocycles. The van der Waals surface area contributed by atoms with Gasteiger partial charge in [-0.3, -0.25) is 0 Å². The topological polar surface area (TPSA) is 9.23 Å². The second kappa shape index (κ2) is 7.00. The van der Waals surface area contributed by atoms with Crippen LogP contribution >= 0.6 is 0 Å². The molecule has 0 amide bonds. The van der Waals surface area contributed by atoms with Crippen LogP contribution in [0.5, 0.6) is 5.75 Å². The van der Waals surface area contributed by atoms with Gasteiger partial charge in [-0.25, -0.2) is 0 Å². The molecule has 0 aliphatic carbocycles. The van der Waals surface area contributed by atoms with Gasteiger partial charge in [-0.1, -0.05) is 43.2 Å². The number of unbranched alkanes of at least 4 members (excludes halogenated alkanes) is 1. The standard InChI is InChI=1S/C7H7O.C4H9.Al/c1-8-7-5-3-2-4-6-7;1-3-4-2;/h2-6H,1H2;1,3-4H2,2H3;. The van der Waals surface area contributed by atoms with Gasteiger partial charge in [0.15, 0.2) is 0 Å². The zero-order chi connectivity index (χ0) is 9.36. The third-order valence-electron chi connectivity index (χ3n) is 1.87. The first-order chi connectivity index (χ1) is 6.43. The molecule has 2 heteroatoms. The highest BCUT2D eigenvalue weighted by atomic mass is 27.1. The molecule has 1 aromatic carbocycles. The van der Waals surface area contributed by atoms with Crippen molar-refractivity contribution in [2.45, 2.75) is 25.0 Å². The average molecular weight is 191 g/mol. The van der Waals surface area contributed by atoms with Gasteiger partial charge < -0.3 is 4.74 Å². The van der Waals surface area contributed by atoms with Crippen molar-refractivity contribution < 1.29 is 4.74 Å². The van der Waals surface area contributed by atoms with Gasteiger partial charge in [0.1, 0.15) is 5.75 Å². The Morgan fingerprint density at radius 3 is 2.69 bits per heavy atom. The van der Waals surface area contributed by atoms with Gasteiger partial charge in [0.2, 0.25) is 0 Å². The molecule has 0 heterocycles. The van der Waals surface area contributed by atoms with Crippen molar-refractivity contribution in [3.8, 4) is 5.75 Å². The van der Waals surface area contributed by atoms with Crippen LogP contribution < -0.4 is 4.74 Å². The fourth-order valence-electron chi connectivity index (χ4n) is 1.10. The number of ether oxygens (including phenoxy) is 1. The van der Waals surface area contributed by atoms with Crippen LogP contribution in [0.2, 0.25) is 5.28 Å². The van der Waals surface area contributed by atoms with Crippen LogP contribution in [0.4, 0.5) is 0 Å². The molecule has 0 aliphatic rings. The Hall–Kier alpha value is -0.448. The molecule has 0 aliphatic heterocycles. The Bertz CT molecular complexity index is 211. The van der Waals surface area contributed by atoms with Crippen LogP contribution in [0.15, 0.2) is 30.3 Å². The fourth-order valence-corrected chi connectivity index (χ4v) is 2.28. The molecule has 0 spiro atoms. The Morgan fingerprint density at radius 2 is 2.00 bits per heavy atom. The molecular formula is C11H16AlO. The van der Waals surface area contributed by atoms with E-state index in [1.807, 2.05) is 30.3 Å². The Morgan fingerprint density at radius 1 is 1.23 bits per heavy atom. The summed E-state index contributed by atoms with van der Waals surface area (Å²) >= 11 is 0.488. The van der Waals surface area contributed by atoms with Gasteiger partial charge in [0, 0.05) is 5.47 Å². The van der Waals surface area contributed by atoms with Crippen molar-refractivity contribution in [2.24, 2.45) is 0 Å². The second-order valence-electron chi connectivity index (χ2n) is 3.05. The summed E-state index contributed by atoms with van der Waals surface area (Å²) in [5.74, 6) is 1.01. The van der Waals surface area contributed by atoms with Crippen molar-refractivity contribution in [1.82, 2.24) is 0 Å². The zero-order valence-electron chi connectivity index (χ0n) is 8.20. The van der Waals surface area contributed by atoms with Gasteiger partial charge in [0.05, 0.1) is 0 Å². The highest BCUT2D eigenvalue weighted by Crippen LogP contribution is 2.07. The van der Waals surface area contributed by atoms with Crippen molar-refractivity contribution in [3.05, 3.63) is 30.3 Å². The monoisotopic (exact) mass is 191 g/mol. The first-order valence-electron chi connectivity index (χ1n) is 4.93. The first-order valence-corrected chi connectivity index (χ1v) is 6.56. The third kappa shape index (κ3) is 4.98. The van der Waals surface area contributed by atoms with E-state index in [1.165, 1.54) is 18.1 Å². The van der Waals surface area contributed by atoms with E-state index in [0.29, 0.717) is 15.2 Å². The van der Waals surface area contributed by atoms with Gasteiger partial charge in [-0.2, -0.15) is 0 Å². The van der Waals surface area contributed by atoms with E-state index in [4.69, 9.17) is 4.74 Å². The van der Waals surface area contributed by atoms with Crippen LogP contribution in [0.3, 0.4) is 0 Å². The highest BCUT2D eigenvalue weighted by molar-refractivity contribution is 6.35. The molecule has 0 atom stereocenters. The van der Waals surface area contributed by atoms with Crippen LogP contribution in [0.1, 0.15) is 19.8 Å².